The molecule has 3 rings (SSSR count). The molecule has 0 amide bonds. The highest BCUT2D eigenvalue weighted by Crippen LogP contribution is 2.39. The summed E-state index contributed by atoms with van der Waals surface area (Å²) in [6.07, 6.45) is -2.80. The molecule has 1 fully saturated rings. The van der Waals surface area contributed by atoms with Gasteiger partial charge >= 0.3 is 6.18 Å². The first-order chi connectivity index (χ1) is 9.38. The third-order valence-electron chi connectivity index (χ3n) is 3.15. The molecule has 1 aliphatic rings. The smallest absolute Gasteiger partial charge is 0.297 e. The predicted molar refractivity (Wildman–Crippen MR) is 66.1 cm³/mol. The minimum absolute atomic E-state index is 0.0881. The Morgan fingerprint density at radius 2 is 2.00 bits per heavy atom. The van der Waals surface area contributed by atoms with Crippen molar-refractivity contribution in [3.05, 3.63) is 34.4 Å². The van der Waals surface area contributed by atoms with E-state index in [1.165, 1.54) is 0 Å². The van der Waals surface area contributed by atoms with Crippen LogP contribution in [0, 0.1) is 10.6 Å². The van der Waals surface area contributed by atoms with Crippen LogP contribution in [0.2, 0.25) is 0 Å². The van der Waals surface area contributed by atoms with Gasteiger partial charge in [0.25, 0.3) is 0 Å². The molecule has 106 valence electrons. The van der Waals surface area contributed by atoms with Gasteiger partial charge < -0.3 is 0 Å². The van der Waals surface area contributed by atoms with Crippen LogP contribution < -0.4 is 0 Å². The van der Waals surface area contributed by atoms with Gasteiger partial charge in [-0.25, -0.2) is 4.39 Å². The lowest BCUT2D eigenvalue weighted by atomic mass is 10.1. The maximum Gasteiger partial charge on any atom is 0.416 e. The Labute approximate surface area is 116 Å². The van der Waals surface area contributed by atoms with E-state index in [2.05, 4.69) is 10.2 Å². The van der Waals surface area contributed by atoms with Crippen molar-refractivity contribution in [2.75, 3.05) is 0 Å². The van der Waals surface area contributed by atoms with Crippen LogP contribution in [0.25, 0.3) is 11.4 Å². The lowest BCUT2D eigenvalue weighted by Gasteiger charge is -2.10. The third kappa shape index (κ3) is 2.24. The molecule has 0 radical (unpaired) electrons. The van der Waals surface area contributed by atoms with Crippen LogP contribution in [0.15, 0.2) is 18.2 Å². The number of hydrogen-bond acceptors (Lipinski definition) is 2. The predicted octanol–water partition coefficient (Wildman–Crippen LogP) is 4.10. The Kier molecular flexibility index (Phi) is 2.93. The van der Waals surface area contributed by atoms with E-state index in [4.69, 9.17) is 12.2 Å². The molecule has 1 N–H and O–H groups in total. The van der Waals surface area contributed by atoms with Crippen molar-refractivity contribution in [2.24, 2.45) is 0 Å². The number of H-pyrrole nitrogens is 1. The Morgan fingerprint density at radius 1 is 1.30 bits per heavy atom. The fourth-order valence-corrected chi connectivity index (χ4v) is 2.32. The summed E-state index contributed by atoms with van der Waals surface area (Å²) in [6, 6.07) is 2.36. The second kappa shape index (κ2) is 4.41. The van der Waals surface area contributed by atoms with Crippen molar-refractivity contribution in [1.29, 1.82) is 0 Å². The highest BCUT2D eigenvalue weighted by atomic mass is 32.1. The molecule has 0 atom stereocenters. The van der Waals surface area contributed by atoms with Gasteiger partial charge in [0.05, 0.1) is 11.1 Å². The molecule has 8 heteroatoms. The highest BCUT2D eigenvalue weighted by Gasteiger charge is 2.33. The molecule has 1 aliphatic carbocycles. The molecular weight excluding hydrogens is 294 g/mol. The lowest BCUT2D eigenvalue weighted by molar-refractivity contribution is -0.137. The number of benzene rings is 1. The maximum atomic E-state index is 13.8. The summed E-state index contributed by atoms with van der Waals surface area (Å²) in [5.74, 6) is -0.644. The van der Waals surface area contributed by atoms with Crippen LogP contribution in [0.3, 0.4) is 0 Å². The second-order valence-electron chi connectivity index (χ2n) is 4.65. The summed E-state index contributed by atoms with van der Waals surface area (Å²) >= 11 is 5.04. The van der Waals surface area contributed by atoms with Gasteiger partial charge in [0, 0.05) is 6.04 Å². The molecule has 2 aromatic rings. The molecule has 0 unspecified atom stereocenters. The lowest BCUT2D eigenvalue weighted by Crippen LogP contribution is -2.07. The van der Waals surface area contributed by atoms with Crippen molar-refractivity contribution >= 4 is 12.2 Å². The van der Waals surface area contributed by atoms with Crippen molar-refractivity contribution in [3.63, 3.8) is 0 Å². The molecule has 1 heterocycles. The number of hydrogen-bond donors (Lipinski definition) is 1. The fraction of sp³-hybridized carbons (Fsp3) is 0.333. The van der Waals surface area contributed by atoms with Crippen molar-refractivity contribution < 1.29 is 17.6 Å². The summed E-state index contributed by atoms with van der Waals surface area (Å²) in [5, 5.41) is 6.38. The van der Waals surface area contributed by atoms with Gasteiger partial charge in [0.15, 0.2) is 10.6 Å². The quantitative estimate of drug-likeness (QED) is 0.669. The van der Waals surface area contributed by atoms with Crippen LogP contribution in [-0.4, -0.2) is 14.8 Å². The summed E-state index contributed by atoms with van der Waals surface area (Å²) in [6.45, 7) is 0. The van der Waals surface area contributed by atoms with Gasteiger partial charge in [-0.05, 0) is 43.3 Å². The zero-order chi connectivity index (χ0) is 14.5. The Morgan fingerprint density at radius 3 is 2.60 bits per heavy atom. The van der Waals surface area contributed by atoms with Gasteiger partial charge in [-0.15, -0.1) is 0 Å². The fourth-order valence-electron chi connectivity index (χ4n) is 2.04. The summed E-state index contributed by atoms with van der Waals surface area (Å²) in [7, 11) is 0. The van der Waals surface area contributed by atoms with E-state index >= 15 is 0 Å². The zero-order valence-electron chi connectivity index (χ0n) is 10.0. The second-order valence-corrected chi connectivity index (χ2v) is 5.03. The minimum Gasteiger partial charge on any atom is -0.297 e. The van der Waals surface area contributed by atoms with E-state index in [9.17, 15) is 17.6 Å². The Hall–Kier alpha value is -1.70. The first-order valence-electron chi connectivity index (χ1n) is 5.92. The van der Waals surface area contributed by atoms with E-state index in [0.29, 0.717) is 10.8 Å². The van der Waals surface area contributed by atoms with E-state index < -0.39 is 17.6 Å². The monoisotopic (exact) mass is 303 g/mol. The average Bonchev–Trinajstić information content (AvgIpc) is 3.12. The number of nitrogens with zero attached hydrogens (tertiary/aromatic N) is 2. The first kappa shape index (κ1) is 13.3. The largest absolute Gasteiger partial charge is 0.416 e. The van der Waals surface area contributed by atoms with Crippen LogP contribution in [-0.2, 0) is 6.18 Å². The number of aromatic amines is 1. The zero-order valence-corrected chi connectivity index (χ0v) is 10.9. The summed E-state index contributed by atoms with van der Waals surface area (Å²) in [5.41, 5.74) is -1.11. The van der Waals surface area contributed by atoms with Gasteiger partial charge in [0.2, 0.25) is 0 Å². The molecule has 0 spiro atoms. The number of rotatable bonds is 2. The number of halogens is 4. The maximum absolute atomic E-state index is 13.8. The van der Waals surface area contributed by atoms with Crippen LogP contribution in [0.5, 0.6) is 0 Å². The topological polar surface area (TPSA) is 33.6 Å². The van der Waals surface area contributed by atoms with E-state index in [-0.39, 0.29) is 17.4 Å². The highest BCUT2D eigenvalue weighted by molar-refractivity contribution is 7.71. The number of aromatic nitrogens is 3. The van der Waals surface area contributed by atoms with Crippen molar-refractivity contribution in [1.82, 2.24) is 14.8 Å². The van der Waals surface area contributed by atoms with Crippen LogP contribution >= 0.6 is 12.2 Å². The molecule has 0 aliphatic heterocycles. The average molecular weight is 303 g/mol. The van der Waals surface area contributed by atoms with Crippen LogP contribution in [0.1, 0.15) is 24.4 Å². The van der Waals surface area contributed by atoms with E-state index in [1.54, 1.807) is 4.57 Å². The summed E-state index contributed by atoms with van der Waals surface area (Å²) < 4.78 is 53.9. The van der Waals surface area contributed by atoms with Gasteiger partial charge in [0.1, 0.15) is 5.82 Å². The van der Waals surface area contributed by atoms with E-state index in [0.717, 1.165) is 25.0 Å². The van der Waals surface area contributed by atoms with Crippen molar-refractivity contribution in [2.45, 2.75) is 25.1 Å². The molecule has 1 aromatic heterocycles. The molecule has 1 saturated carbocycles. The van der Waals surface area contributed by atoms with Crippen molar-refractivity contribution in [3.8, 4) is 11.4 Å². The summed E-state index contributed by atoms with van der Waals surface area (Å²) in [4.78, 5) is 0. The first-order valence-corrected chi connectivity index (χ1v) is 6.33. The molecule has 1 aromatic carbocycles. The molecule has 3 nitrogen and oxygen atoms in total. The Bertz CT molecular complexity index is 712. The van der Waals surface area contributed by atoms with E-state index in [1.807, 2.05) is 0 Å². The molecular formula is C12H9F4N3S. The Balaban J connectivity index is 2.17. The number of alkyl halides is 3. The molecule has 0 saturated heterocycles. The van der Waals surface area contributed by atoms with Crippen LogP contribution in [0.4, 0.5) is 17.6 Å². The SMILES string of the molecule is Fc1ccc(C(F)(F)F)cc1-c1n[nH]c(=S)n1C1CC1. The van der Waals surface area contributed by atoms with Gasteiger partial charge in [-0.2, -0.15) is 18.3 Å². The molecule has 0 bridgehead atoms. The van der Waals surface area contributed by atoms with Gasteiger partial charge in [-0.1, -0.05) is 0 Å². The molecule has 20 heavy (non-hydrogen) atoms. The standard InChI is InChI=1S/C12H9F4N3S/c13-9-4-1-6(12(14,15)16)5-8(9)10-17-18-11(20)19(10)7-2-3-7/h1,4-5,7H,2-3H2,(H,18,20). The number of nitrogens with one attached hydrogen (secondary N) is 1. The third-order valence-corrected chi connectivity index (χ3v) is 3.44. The minimum atomic E-state index is -4.53. The normalized spacial score (nSPS) is 15.6. The van der Waals surface area contributed by atoms with Gasteiger partial charge in [-0.3, -0.25) is 9.67 Å².